The van der Waals surface area contributed by atoms with E-state index in [1.54, 1.807) is 0 Å². The summed E-state index contributed by atoms with van der Waals surface area (Å²) < 4.78 is 7.13. The van der Waals surface area contributed by atoms with Gasteiger partial charge in [-0.15, -0.1) is 0 Å². The molecule has 0 spiro atoms. The molecule has 11 heteroatoms. The molecule has 5 N–H and O–H groups in total. The molecular formula is C20H29N5O6. The van der Waals surface area contributed by atoms with Crippen molar-refractivity contribution in [3.05, 3.63) is 12.7 Å². The summed E-state index contributed by atoms with van der Waals surface area (Å²) in [5, 5.41) is 42.2. The summed E-state index contributed by atoms with van der Waals surface area (Å²) in [5.41, 5.74) is 0.935. The van der Waals surface area contributed by atoms with Crippen LogP contribution in [-0.2, 0) is 9.53 Å². The number of fused-ring (bicyclic) bond motifs is 1. The van der Waals surface area contributed by atoms with Crippen molar-refractivity contribution in [3.63, 3.8) is 0 Å². The maximum atomic E-state index is 10.9. The Morgan fingerprint density at radius 2 is 2.00 bits per heavy atom. The van der Waals surface area contributed by atoms with Gasteiger partial charge in [0.05, 0.1) is 12.9 Å². The molecule has 170 valence electrons. The highest BCUT2D eigenvalue weighted by molar-refractivity contribution is 5.82. The van der Waals surface area contributed by atoms with Crippen molar-refractivity contribution in [3.8, 4) is 0 Å². The van der Waals surface area contributed by atoms with Gasteiger partial charge in [0.1, 0.15) is 24.6 Å². The molecule has 1 aliphatic heterocycles. The fourth-order valence-electron chi connectivity index (χ4n) is 4.69. The first-order valence-corrected chi connectivity index (χ1v) is 10.8. The van der Waals surface area contributed by atoms with Crippen molar-refractivity contribution in [2.24, 2.45) is 5.92 Å². The second-order valence-electron chi connectivity index (χ2n) is 8.36. The third-order valence-electron chi connectivity index (χ3n) is 6.35. The molecule has 2 aromatic rings. The molecule has 5 atom stereocenters. The van der Waals surface area contributed by atoms with Gasteiger partial charge in [-0.1, -0.05) is 12.8 Å². The lowest BCUT2D eigenvalue weighted by Crippen LogP contribution is -2.33. The fourth-order valence-corrected chi connectivity index (χ4v) is 4.69. The van der Waals surface area contributed by atoms with E-state index in [1.165, 1.54) is 30.1 Å². The lowest BCUT2D eigenvalue weighted by atomic mass is 9.93. The van der Waals surface area contributed by atoms with E-state index in [2.05, 4.69) is 20.3 Å². The van der Waals surface area contributed by atoms with Gasteiger partial charge in [0.25, 0.3) is 0 Å². The zero-order chi connectivity index (χ0) is 22.0. The molecular weight excluding hydrogens is 406 g/mol. The second-order valence-corrected chi connectivity index (χ2v) is 8.36. The number of aliphatic carboxylic acids is 1. The number of anilines is 1. The maximum Gasteiger partial charge on any atom is 0.303 e. The molecule has 1 saturated heterocycles. The van der Waals surface area contributed by atoms with E-state index >= 15 is 0 Å². The van der Waals surface area contributed by atoms with Crippen molar-refractivity contribution in [1.82, 2.24) is 19.5 Å². The molecule has 0 bridgehead atoms. The molecule has 4 rings (SSSR count). The van der Waals surface area contributed by atoms with Gasteiger partial charge < -0.3 is 30.5 Å². The first-order chi connectivity index (χ1) is 15.0. The Bertz CT molecular complexity index is 901. The zero-order valence-electron chi connectivity index (χ0n) is 17.2. The molecule has 0 aromatic carbocycles. The molecule has 1 aliphatic carbocycles. The van der Waals surface area contributed by atoms with Crippen LogP contribution in [0.3, 0.4) is 0 Å². The lowest BCUT2D eigenvalue weighted by Gasteiger charge is -2.25. The Labute approximate surface area is 179 Å². The predicted octanol–water partition coefficient (Wildman–Crippen LogP) is 0.663. The number of carboxylic acid groups (broad SMARTS) is 1. The van der Waals surface area contributed by atoms with Gasteiger partial charge >= 0.3 is 5.97 Å². The summed E-state index contributed by atoms with van der Waals surface area (Å²) in [7, 11) is 0. The van der Waals surface area contributed by atoms with Crippen LogP contribution in [0.25, 0.3) is 11.2 Å². The van der Waals surface area contributed by atoms with Gasteiger partial charge in [-0.3, -0.25) is 9.36 Å². The van der Waals surface area contributed by atoms with E-state index in [-0.39, 0.29) is 12.5 Å². The number of imidazole rings is 1. The van der Waals surface area contributed by atoms with E-state index in [0.717, 1.165) is 19.3 Å². The summed E-state index contributed by atoms with van der Waals surface area (Å²) in [5.74, 6) is 0.191. The topological polar surface area (TPSA) is 163 Å². The standard InChI is InChI=1S/C20H29N5O6/c26-8-13-16(29)17(30)20(31-13)25-10-23-15-18(21-9-22-19(15)25)24-12(6-3-7-14(27)28)11-4-1-2-5-11/h9-13,16-17,20,26,29-30H,1-8H2,(H,27,28)(H,21,22,24)/t12?,13-,16-,17-,20-/m1/s1. The number of aliphatic hydroxyl groups is 3. The normalized spacial score (nSPS) is 27.7. The van der Waals surface area contributed by atoms with Gasteiger partial charge in [0.15, 0.2) is 23.2 Å². The molecule has 2 aliphatic rings. The molecule has 0 amide bonds. The van der Waals surface area contributed by atoms with Crippen LogP contribution in [0.1, 0.15) is 51.2 Å². The Hall–Kier alpha value is -2.34. The molecule has 3 heterocycles. The van der Waals surface area contributed by atoms with Gasteiger partial charge in [-0.2, -0.15) is 0 Å². The molecule has 2 fully saturated rings. The Morgan fingerprint density at radius 3 is 2.68 bits per heavy atom. The minimum atomic E-state index is -1.23. The number of hydrogen-bond acceptors (Lipinski definition) is 9. The minimum absolute atomic E-state index is 0.0824. The summed E-state index contributed by atoms with van der Waals surface area (Å²) in [4.78, 5) is 24.0. The van der Waals surface area contributed by atoms with Crippen molar-refractivity contribution >= 4 is 23.0 Å². The molecule has 1 saturated carbocycles. The summed E-state index contributed by atoms with van der Waals surface area (Å²) in [6, 6.07) is 0.0824. The highest BCUT2D eigenvalue weighted by atomic mass is 16.6. The minimum Gasteiger partial charge on any atom is -0.481 e. The predicted molar refractivity (Wildman–Crippen MR) is 109 cm³/mol. The number of rotatable bonds is 9. The Kier molecular flexibility index (Phi) is 6.65. The third-order valence-corrected chi connectivity index (χ3v) is 6.35. The monoisotopic (exact) mass is 435 g/mol. The van der Waals surface area contributed by atoms with E-state index in [0.29, 0.717) is 29.3 Å². The van der Waals surface area contributed by atoms with E-state index in [4.69, 9.17) is 9.84 Å². The van der Waals surface area contributed by atoms with Crippen molar-refractivity contribution in [1.29, 1.82) is 0 Å². The number of nitrogens with zero attached hydrogens (tertiary/aromatic N) is 4. The number of carbonyl (C=O) groups is 1. The quantitative estimate of drug-likeness (QED) is 0.378. The van der Waals surface area contributed by atoms with Crippen molar-refractivity contribution in [2.45, 2.75) is 75.5 Å². The van der Waals surface area contributed by atoms with Crippen LogP contribution >= 0.6 is 0 Å². The number of hydrogen-bond donors (Lipinski definition) is 5. The molecule has 1 unspecified atom stereocenters. The Morgan fingerprint density at radius 1 is 1.23 bits per heavy atom. The highest BCUT2D eigenvalue weighted by Gasteiger charge is 2.44. The SMILES string of the molecule is O=C(O)CCCC(Nc1ncnc2c1ncn2[C@@H]1O[C@H](CO)[C@@H](O)[C@H]1O)C1CCCC1. The van der Waals surface area contributed by atoms with Crippen LogP contribution in [0.15, 0.2) is 12.7 Å². The maximum absolute atomic E-state index is 10.9. The van der Waals surface area contributed by atoms with Crippen LogP contribution in [-0.4, -0.2) is 76.9 Å². The third kappa shape index (κ3) is 4.49. The average Bonchev–Trinajstić information content (AvgIpc) is 3.48. The summed E-state index contributed by atoms with van der Waals surface area (Å²) >= 11 is 0. The van der Waals surface area contributed by atoms with E-state index in [1.807, 2.05) is 0 Å². The molecule has 11 nitrogen and oxygen atoms in total. The van der Waals surface area contributed by atoms with Gasteiger partial charge in [-0.05, 0) is 31.6 Å². The van der Waals surface area contributed by atoms with Crippen LogP contribution in [0.5, 0.6) is 0 Å². The highest BCUT2D eigenvalue weighted by Crippen LogP contribution is 2.34. The molecule has 2 aromatic heterocycles. The number of ether oxygens (including phenoxy) is 1. The number of aliphatic hydroxyl groups excluding tert-OH is 3. The molecule has 31 heavy (non-hydrogen) atoms. The first-order valence-electron chi connectivity index (χ1n) is 10.8. The summed E-state index contributed by atoms with van der Waals surface area (Å²) in [6.07, 6.45) is 4.55. The molecule has 0 radical (unpaired) electrons. The van der Waals surface area contributed by atoms with E-state index < -0.39 is 37.1 Å². The van der Waals surface area contributed by atoms with Crippen LogP contribution in [0, 0.1) is 5.92 Å². The summed E-state index contributed by atoms with van der Waals surface area (Å²) in [6.45, 7) is -0.414. The lowest BCUT2D eigenvalue weighted by molar-refractivity contribution is -0.137. The zero-order valence-corrected chi connectivity index (χ0v) is 17.2. The largest absolute Gasteiger partial charge is 0.481 e. The van der Waals surface area contributed by atoms with Crippen LogP contribution in [0.2, 0.25) is 0 Å². The van der Waals surface area contributed by atoms with Gasteiger partial charge in [-0.25, -0.2) is 15.0 Å². The smallest absolute Gasteiger partial charge is 0.303 e. The Balaban J connectivity index is 1.57. The average molecular weight is 435 g/mol. The van der Waals surface area contributed by atoms with Gasteiger partial charge in [0.2, 0.25) is 0 Å². The second kappa shape index (κ2) is 9.43. The first kappa shape index (κ1) is 21.9. The van der Waals surface area contributed by atoms with Gasteiger partial charge in [0, 0.05) is 12.5 Å². The number of nitrogens with one attached hydrogen (secondary N) is 1. The van der Waals surface area contributed by atoms with Crippen LogP contribution in [0.4, 0.5) is 5.82 Å². The number of carboxylic acids is 1. The van der Waals surface area contributed by atoms with E-state index in [9.17, 15) is 20.1 Å². The van der Waals surface area contributed by atoms with Crippen LogP contribution < -0.4 is 5.32 Å². The van der Waals surface area contributed by atoms with Crippen molar-refractivity contribution in [2.75, 3.05) is 11.9 Å². The van der Waals surface area contributed by atoms with Crippen molar-refractivity contribution < 1.29 is 30.0 Å². The fraction of sp³-hybridized carbons (Fsp3) is 0.700. The number of aromatic nitrogens is 4.